The van der Waals surface area contributed by atoms with Crippen molar-refractivity contribution in [1.82, 2.24) is 10.3 Å². The van der Waals surface area contributed by atoms with E-state index in [1.807, 2.05) is 13.8 Å². The number of amides is 1. The number of aromatic nitrogens is 1. The molecule has 1 aromatic carbocycles. The third-order valence-corrected chi connectivity index (χ3v) is 3.93. The highest BCUT2D eigenvalue weighted by molar-refractivity contribution is 7.09. The standard InChI is InChI=1S/C15H15F3N2OS/c1-8(2)7-11(15-19-5-6-22-15)20-14(21)9-3-4-10(16)13(18)12(9)17/h3-6,8,11H,7H2,1-2H3,(H,20,21). The molecule has 2 rings (SSSR count). The molecule has 1 aromatic heterocycles. The van der Waals surface area contributed by atoms with Crippen LogP contribution in [-0.2, 0) is 0 Å². The molecule has 22 heavy (non-hydrogen) atoms. The van der Waals surface area contributed by atoms with Gasteiger partial charge in [-0.05, 0) is 24.5 Å². The molecular formula is C15H15F3N2OS. The van der Waals surface area contributed by atoms with Crippen molar-refractivity contribution in [3.8, 4) is 0 Å². The normalized spacial score (nSPS) is 12.5. The Kier molecular flexibility index (Phi) is 5.18. The molecule has 0 spiro atoms. The SMILES string of the molecule is CC(C)CC(NC(=O)c1ccc(F)c(F)c1F)c1nccs1. The highest BCUT2D eigenvalue weighted by atomic mass is 32.1. The topological polar surface area (TPSA) is 42.0 Å². The Morgan fingerprint density at radius 2 is 2.00 bits per heavy atom. The molecule has 0 radical (unpaired) electrons. The Morgan fingerprint density at radius 3 is 2.59 bits per heavy atom. The van der Waals surface area contributed by atoms with Crippen LogP contribution in [0.4, 0.5) is 13.2 Å². The van der Waals surface area contributed by atoms with Crippen molar-refractivity contribution in [2.75, 3.05) is 0 Å². The zero-order chi connectivity index (χ0) is 16.3. The van der Waals surface area contributed by atoms with Gasteiger partial charge in [-0.25, -0.2) is 18.2 Å². The van der Waals surface area contributed by atoms with Gasteiger partial charge in [0.15, 0.2) is 17.5 Å². The van der Waals surface area contributed by atoms with Gasteiger partial charge in [0.1, 0.15) is 5.01 Å². The van der Waals surface area contributed by atoms with Crippen LogP contribution >= 0.6 is 11.3 Å². The van der Waals surface area contributed by atoms with Crippen LogP contribution in [0.25, 0.3) is 0 Å². The molecular weight excluding hydrogens is 313 g/mol. The second-order valence-electron chi connectivity index (χ2n) is 5.25. The third kappa shape index (κ3) is 3.65. The molecule has 0 bridgehead atoms. The number of nitrogens with zero attached hydrogens (tertiary/aromatic N) is 1. The number of benzene rings is 1. The summed E-state index contributed by atoms with van der Waals surface area (Å²) in [5, 5.41) is 5.09. The van der Waals surface area contributed by atoms with Crippen LogP contribution in [0.5, 0.6) is 0 Å². The number of hydrogen-bond acceptors (Lipinski definition) is 3. The second-order valence-corrected chi connectivity index (χ2v) is 6.17. The Hall–Kier alpha value is -1.89. The lowest BCUT2D eigenvalue weighted by atomic mass is 10.0. The number of nitrogens with one attached hydrogen (secondary N) is 1. The van der Waals surface area contributed by atoms with Gasteiger partial charge in [-0.15, -0.1) is 11.3 Å². The maximum absolute atomic E-state index is 13.7. The fourth-order valence-corrected chi connectivity index (χ4v) is 2.74. The summed E-state index contributed by atoms with van der Waals surface area (Å²) in [6.45, 7) is 3.95. The monoisotopic (exact) mass is 328 g/mol. The molecule has 1 heterocycles. The molecule has 0 aliphatic heterocycles. The maximum atomic E-state index is 13.7. The van der Waals surface area contributed by atoms with E-state index in [0.29, 0.717) is 11.4 Å². The van der Waals surface area contributed by atoms with E-state index in [0.717, 1.165) is 12.1 Å². The smallest absolute Gasteiger partial charge is 0.254 e. The number of carbonyl (C=O) groups is 1. The van der Waals surface area contributed by atoms with Crippen molar-refractivity contribution in [1.29, 1.82) is 0 Å². The summed E-state index contributed by atoms with van der Waals surface area (Å²) in [4.78, 5) is 16.3. The average Bonchev–Trinajstić information content (AvgIpc) is 2.97. The zero-order valence-electron chi connectivity index (χ0n) is 12.1. The Labute approximate surface area is 130 Å². The van der Waals surface area contributed by atoms with Crippen molar-refractivity contribution in [2.24, 2.45) is 5.92 Å². The van der Waals surface area contributed by atoms with Crippen LogP contribution in [0.3, 0.4) is 0 Å². The summed E-state index contributed by atoms with van der Waals surface area (Å²) in [7, 11) is 0. The predicted octanol–water partition coefficient (Wildman–Crippen LogP) is 4.08. The van der Waals surface area contributed by atoms with Crippen LogP contribution in [0, 0.1) is 23.4 Å². The van der Waals surface area contributed by atoms with Gasteiger partial charge in [0.2, 0.25) is 0 Å². The number of carbonyl (C=O) groups excluding carboxylic acids is 1. The Bertz CT molecular complexity index is 659. The molecule has 1 atom stereocenters. The molecule has 0 fully saturated rings. The molecule has 1 unspecified atom stereocenters. The van der Waals surface area contributed by atoms with Crippen LogP contribution in [0.2, 0.25) is 0 Å². The van der Waals surface area contributed by atoms with Gasteiger partial charge >= 0.3 is 0 Å². The van der Waals surface area contributed by atoms with Gasteiger partial charge in [0, 0.05) is 11.6 Å². The van der Waals surface area contributed by atoms with E-state index >= 15 is 0 Å². The number of hydrogen-bond donors (Lipinski definition) is 1. The van der Waals surface area contributed by atoms with Crippen LogP contribution < -0.4 is 5.32 Å². The van der Waals surface area contributed by atoms with Crippen LogP contribution in [0.1, 0.15) is 41.7 Å². The molecule has 0 aliphatic rings. The maximum Gasteiger partial charge on any atom is 0.254 e. The van der Waals surface area contributed by atoms with Gasteiger partial charge in [0.05, 0.1) is 11.6 Å². The van der Waals surface area contributed by atoms with Crippen molar-refractivity contribution in [3.63, 3.8) is 0 Å². The Balaban J connectivity index is 2.23. The lowest BCUT2D eigenvalue weighted by molar-refractivity contribution is 0.0926. The molecule has 7 heteroatoms. The summed E-state index contributed by atoms with van der Waals surface area (Å²) >= 11 is 1.37. The largest absolute Gasteiger partial charge is 0.343 e. The van der Waals surface area contributed by atoms with Crippen molar-refractivity contribution in [2.45, 2.75) is 26.3 Å². The van der Waals surface area contributed by atoms with Gasteiger partial charge in [-0.3, -0.25) is 4.79 Å². The fraction of sp³-hybridized carbons (Fsp3) is 0.333. The molecule has 1 amide bonds. The minimum Gasteiger partial charge on any atom is -0.343 e. The first kappa shape index (κ1) is 16.5. The quantitative estimate of drug-likeness (QED) is 0.841. The lowest BCUT2D eigenvalue weighted by Crippen LogP contribution is -2.30. The van der Waals surface area contributed by atoms with Gasteiger partial charge in [0.25, 0.3) is 5.91 Å². The summed E-state index contributed by atoms with van der Waals surface area (Å²) in [5.41, 5.74) is -0.524. The molecule has 0 aliphatic carbocycles. The zero-order valence-corrected chi connectivity index (χ0v) is 12.9. The highest BCUT2D eigenvalue weighted by Gasteiger charge is 2.23. The predicted molar refractivity (Wildman–Crippen MR) is 78.1 cm³/mol. The molecule has 1 N–H and O–H groups in total. The van der Waals surface area contributed by atoms with E-state index in [-0.39, 0.29) is 5.92 Å². The van der Waals surface area contributed by atoms with Crippen molar-refractivity contribution in [3.05, 3.63) is 51.7 Å². The van der Waals surface area contributed by atoms with Gasteiger partial charge in [-0.1, -0.05) is 13.8 Å². The second kappa shape index (κ2) is 6.91. The Morgan fingerprint density at radius 1 is 1.27 bits per heavy atom. The average molecular weight is 328 g/mol. The minimum atomic E-state index is -1.65. The van der Waals surface area contributed by atoms with Gasteiger partial charge < -0.3 is 5.32 Å². The van der Waals surface area contributed by atoms with E-state index < -0.39 is 35.0 Å². The fourth-order valence-electron chi connectivity index (χ4n) is 2.04. The van der Waals surface area contributed by atoms with E-state index in [1.165, 1.54) is 11.3 Å². The molecule has 3 nitrogen and oxygen atoms in total. The van der Waals surface area contributed by atoms with Crippen LogP contribution in [0.15, 0.2) is 23.7 Å². The van der Waals surface area contributed by atoms with E-state index in [2.05, 4.69) is 10.3 Å². The van der Waals surface area contributed by atoms with Crippen molar-refractivity contribution >= 4 is 17.2 Å². The third-order valence-electron chi connectivity index (χ3n) is 3.04. The molecule has 0 saturated carbocycles. The first-order valence-corrected chi connectivity index (χ1v) is 7.61. The summed E-state index contributed by atoms with van der Waals surface area (Å²) in [6, 6.07) is 1.26. The first-order chi connectivity index (χ1) is 10.4. The minimum absolute atomic E-state index is 0.268. The van der Waals surface area contributed by atoms with E-state index in [1.54, 1.807) is 11.6 Å². The van der Waals surface area contributed by atoms with Crippen LogP contribution in [-0.4, -0.2) is 10.9 Å². The number of halogens is 3. The summed E-state index contributed by atoms with van der Waals surface area (Å²) in [5.74, 6) is -4.99. The summed E-state index contributed by atoms with van der Waals surface area (Å²) < 4.78 is 39.8. The number of rotatable bonds is 5. The lowest BCUT2D eigenvalue weighted by Gasteiger charge is -2.18. The van der Waals surface area contributed by atoms with E-state index in [4.69, 9.17) is 0 Å². The van der Waals surface area contributed by atoms with Crippen molar-refractivity contribution < 1.29 is 18.0 Å². The van der Waals surface area contributed by atoms with E-state index in [9.17, 15) is 18.0 Å². The first-order valence-electron chi connectivity index (χ1n) is 6.74. The summed E-state index contributed by atoms with van der Waals surface area (Å²) in [6.07, 6.45) is 2.21. The van der Waals surface area contributed by atoms with Gasteiger partial charge in [-0.2, -0.15) is 0 Å². The molecule has 2 aromatic rings. The molecule has 118 valence electrons. The molecule has 0 saturated heterocycles. The highest BCUT2D eigenvalue weighted by Crippen LogP contribution is 2.24. The number of thiazole rings is 1.